The zero-order valence-corrected chi connectivity index (χ0v) is 20.0. The highest BCUT2D eigenvalue weighted by atomic mass is 16.5. The fourth-order valence-electron chi connectivity index (χ4n) is 5.17. The first-order valence-corrected chi connectivity index (χ1v) is 11.6. The monoisotopic (exact) mass is 496 g/mol. The number of rotatable bonds is 3. The summed E-state index contributed by atoms with van der Waals surface area (Å²) in [5, 5.41) is 9.97. The predicted octanol–water partition coefficient (Wildman–Crippen LogP) is 4.77. The Morgan fingerprint density at radius 2 is 1.94 bits per heavy atom. The first kappa shape index (κ1) is 12.4. The average Bonchev–Trinajstić information content (AvgIpc) is 3.32. The van der Waals surface area contributed by atoms with E-state index in [4.69, 9.17) is 19.2 Å². The van der Waals surface area contributed by atoms with E-state index in [0.29, 0.717) is 38.2 Å². The third-order valence-corrected chi connectivity index (χ3v) is 7.11. The Morgan fingerprint density at radius 1 is 1.19 bits per heavy atom. The molecule has 0 atom stereocenters. The van der Waals surface area contributed by atoms with Crippen LogP contribution in [0.2, 0.25) is 0 Å². The van der Waals surface area contributed by atoms with Crippen molar-refractivity contribution in [1.82, 2.24) is 9.88 Å². The number of H-pyrrole nitrogens is 1. The summed E-state index contributed by atoms with van der Waals surface area (Å²) in [6, 6.07) is 7.81. The molecule has 1 aliphatic carbocycles. The Labute approximate surface area is 232 Å². The van der Waals surface area contributed by atoms with E-state index in [2.05, 4.69) is 15.8 Å². The van der Waals surface area contributed by atoms with Crippen molar-refractivity contribution < 1.29 is 28.7 Å². The highest BCUT2D eigenvalue weighted by Gasteiger charge is 2.40. The highest BCUT2D eigenvalue weighted by Crippen LogP contribution is 2.46. The summed E-state index contributed by atoms with van der Waals surface area (Å²) in [7, 11) is 0. The molecule has 6 rings (SSSR count). The van der Waals surface area contributed by atoms with Gasteiger partial charge in [-0.25, -0.2) is 0 Å². The highest BCUT2D eigenvalue weighted by molar-refractivity contribution is 6.20. The molecule has 2 aliphatic heterocycles. The Kier molecular flexibility index (Phi) is 3.02. The number of nitrogens with zero attached hydrogens (tertiary/aromatic N) is 3. The summed E-state index contributed by atoms with van der Waals surface area (Å²) < 4.78 is 125. The molecule has 1 N–H and O–H groups in total. The quantitative estimate of drug-likeness (QED) is 0.565. The molecular formula is C30H34N4O2. The fourth-order valence-corrected chi connectivity index (χ4v) is 5.17. The summed E-state index contributed by atoms with van der Waals surface area (Å²) in [6.07, 6.45) is -3.96. The van der Waals surface area contributed by atoms with Crippen molar-refractivity contribution in [3.63, 3.8) is 0 Å². The summed E-state index contributed by atoms with van der Waals surface area (Å²) in [4.78, 5) is 18.3. The van der Waals surface area contributed by atoms with E-state index >= 15 is 0 Å². The van der Waals surface area contributed by atoms with Crippen LogP contribution in [0.3, 0.4) is 0 Å². The number of anilines is 1. The van der Waals surface area contributed by atoms with Crippen LogP contribution in [0.15, 0.2) is 30.3 Å². The number of ketones is 1. The van der Waals surface area contributed by atoms with Gasteiger partial charge in [0.25, 0.3) is 0 Å². The average molecular weight is 497 g/mol. The molecule has 0 bridgehead atoms. The second-order valence-electron chi connectivity index (χ2n) is 9.48. The molecule has 3 aliphatic rings. The molecule has 2 fully saturated rings. The molecule has 2 saturated heterocycles. The van der Waals surface area contributed by atoms with Crippen molar-refractivity contribution in [2.24, 2.45) is 0 Å². The number of nitrogens with one attached hydrogen (secondary N) is 1. The summed E-state index contributed by atoms with van der Waals surface area (Å²) in [5.41, 5.74) is 0.700. The van der Waals surface area contributed by atoms with E-state index in [1.807, 2.05) is 0 Å². The SMILES string of the molecule is [2H]C([2H])(C)c1cc2c(cc1N1C([2H])([2H])CC(N3C([2H])([2H])C([2H])([2H])OC([2H])([2H])C3([2H])[2H])CC1([2H])[2H])C(C)(C)c1[nH]c3cc(C#N)ccc3c1C2=O. The largest absolute Gasteiger partial charge is 0.379 e. The fraction of sp³-hybridized carbons (Fsp3) is 0.467. The topological polar surface area (TPSA) is 72.4 Å². The van der Waals surface area contributed by atoms with Crippen LogP contribution in [0.5, 0.6) is 0 Å². The maximum Gasteiger partial charge on any atom is 0.195 e. The van der Waals surface area contributed by atoms with Gasteiger partial charge in [0.15, 0.2) is 5.78 Å². The molecule has 0 radical (unpaired) electrons. The van der Waals surface area contributed by atoms with Gasteiger partial charge in [-0.2, -0.15) is 5.26 Å². The number of ether oxygens (including phenoxy) is 1. The summed E-state index contributed by atoms with van der Waals surface area (Å²) >= 11 is 0. The number of carbonyl (C=O) groups is 1. The van der Waals surface area contributed by atoms with Gasteiger partial charge in [-0.05, 0) is 54.6 Å². The van der Waals surface area contributed by atoms with E-state index in [1.54, 1.807) is 32.0 Å². The zero-order chi connectivity index (χ0) is 37.6. The lowest BCUT2D eigenvalue weighted by Gasteiger charge is -2.42. The molecule has 0 amide bonds. The maximum absolute atomic E-state index is 14.2. The van der Waals surface area contributed by atoms with Gasteiger partial charge in [-0.15, -0.1) is 0 Å². The lowest BCUT2D eigenvalue weighted by atomic mass is 9.70. The van der Waals surface area contributed by atoms with Crippen molar-refractivity contribution >= 4 is 22.4 Å². The van der Waals surface area contributed by atoms with Crippen LogP contribution < -0.4 is 4.90 Å². The van der Waals surface area contributed by atoms with Crippen molar-refractivity contribution in [1.29, 1.82) is 5.26 Å². The molecule has 3 aromatic rings. The molecule has 186 valence electrons. The first-order chi connectivity index (χ1) is 22.5. The third kappa shape index (κ3) is 3.56. The second-order valence-corrected chi connectivity index (χ2v) is 9.48. The number of nitriles is 1. The Morgan fingerprint density at radius 3 is 2.64 bits per heavy atom. The van der Waals surface area contributed by atoms with Crippen LogP contribution in [0.1, 0.15) is 91.1 Å². The normalized spacial score (nSPS) is 34.8. The number of fused-ring (bicyclic) bond motifs is 4. The molecule has 1 aromatic heterocycles. The van der Waals surface area contributed by atoms with Crippen molar-refractivity contribution in [3.8, 4) is 6.07 Å². The Bertz CT molecular complexity index is 1950. The van der Waals surface area contributed by atoms with Crippen LogP contribution in [-0.2, 0) is 16.5 Å². The van der Waals surface area contributed by atoms with Crippen molar-refractivity contribution in [2.75, 3.05) is 44.0 Å². The number of piperidine rings is 1. The number of hydrogen-bond donors (Lipinski definition) is 1. The van der Waals surface area contributed by atoms with Crippen LogP contribution >= 0.6 is 0 Å². The molecule has 6 nitrogen and oxygen atoms in total. The van der Waals surface area contributed by atoms with Crippen LogP contribution in [0.25, 0.3) is 10.9 Å². The van der Waals surface area contributed by atoms with Gasteiger partial charge in [0, 0.05) is 79.0 Å². The number of aromatic nitrogens is 1. The molecule has 36 heavy (non-hydrogen) atoms. The van der Waals surface area contributed by atoms with E-state index in [0.717, 1.165) is 0 Å². The van der Waals surface area contributed by atoms with E-state index in [9.17, 15) is 10.1 Å². The van der Waals surface area contributed by atoms with E-state index < -0.39 is 75.6 Å². The first-order valence-electron chi connectivity index (χ1n) is 18.6. The molecule has 0 unspecified atom stereocenters. The Balaban J connectivity index is 1.52. The van der Waals surface area contributed by atoms with Gasteiger partial charge in [-0.3, -0.25) is 9.69 Å². The van der Waals surface area contributed by atoms with Crippen molar-refractivity contribution in [2.45, 2.75) is 51.4 Å². The van der Waals surface area contributed by atoms with Gasteiger partial charge in [0.1, 0.15) is 0 Å². The number of carbonyl (C=O) groups excluding carboxylic acids is 1. The van der Waals surface area contributed by atoms with Gasteiger partial charge in [0.2, 0.25) is 0 Å². The zero-order valence-electron chi connectivity index (χ0n) is 34.0. The van der Waals surface area contributed by atoms with Crippen LogP contribution in [-0.4, -0.2) is 60.8 Å². The third-order valence-electron chi connectivity index (χ3n) is 7.11. The van der Waals surface area contributed by atoms with Crippen LogP contribution in [0, 0.1) is 11.3 Å². The van der Waals surface area contributed by atoms with E-state index in [-0.39, 0.29) is 21.7 Å². The number of benzene rings is 2. The van der Waals surface area contributed by atoms with Crippen LogP contribution in [0.4, 0.5) is 5.69 Å². The number of aryl methyl sites for hydroxylation is 1. The summed E-state index contributed by atoms with van der Waals surface area (Å²) in [5.74, 6) is -0.451. The van der Waals surface area contributed by atoms with Gasteiger partial charge >= 0.3 is 0 Å². The van der Waals surface area contributed by atoms with Crippen molar-refractivity contribution in [3.05, 3.63) is 63.8 Å². The smallest absolute Gasteiger partial charge is 0.195 e. The minimum absolute atomic E-state index is 0.118. The molecule has 2 aromatic carbocycles. The van der Waals surface area contributed by atoms with E-state index in [1.165, 1.54) is 19.1 Å². The standard InChI is InChI=1S/C30H34N4O2/c1-4-20-16-23-24(17-26(20)34-9-7-21(8-10-34)33-11-13-36-14-12-33)30(2,3)29-27(28(23)35)22-6-5-19(18-31)15-25(22)32-29/h5-6,15-17,21,32H,4,7-14H2,1-3H3/i4D2,9D2,10D2,11D2,12D2,13D2,14D2. The van der Waals surface area contributed by atoms with Gasteiger partial charge < -0.3 is 14.6 Å². The number of morpholine rings is 1. The second kappa shape index (κ2) is 8.76. The molecule has 6 heteroatoms. The molecule has 0 saturated carbocycles. The number of aromatic amines is 1. The minimum Gasteiger partial charge on any atom is -0.379 e. The molecule has 3 heterocycles. The minimum atomic E-state index is -3.42. The van der Waals surface area contributed by atoms with Gasteiger partial charge in [-0.1, -0.05) is 26.8 Å². The molecular weight excluding hydrogens is 448 g/mol. The molecule has 0 spiro atoms. The Hall–Kier alpha value is -3.14. The lowest BCUT2D eigenvalue weighted by Crippen LogP contribution is -2.49. The summed E-state index contributed by atoms with van der Waals surface area (Å²) in [6.45, 7) is -14.5. The maximum atomic E-state index is 14.2. The number of hydrogen-bond acceptors (Lipinski definition) is 5. The predicted molar refractivity (Wildman–Crippen MR) is 142 cm³/mol. The lowest BCUT2D eigenvalue weighted by molar-refractivity contribution is 0.0115. The van der Waals surface area contributed by atoms with Gasteiger partial charge in [0.05, 0.1) is 35.8 Å².